The Balaban J connectivity index is 0. The minimum Gasteiger partial charge on any atom is -0.0988 e. The molecule has 0 N–H and O–H groups in total. The van der Waals surface area contributed by atoms with Crippen LogP contribution < -0.4 is 0 Å². The Morgan fingerprint density at radius 2 is 1.81 bits per heavy atom. The Kier molecular flexibility index (Phi) is 9.99. The molecule has 0 amide bonds. The van der Waals surface area contributed by atoms with Crippen molar-refractivity contribution < 1.29 is 0 Å². The second kappa shape index (κ2) is 9.21. The predicted octanol–water partition coefficient (Wildman–Crippen LogP) is 5.69. The number of rotatable bonds is 5. The van der Waals surface area contributed by atoms with Crippen molar-refractivity contribution in [3.63, 3.8) is 0 Å². The summed E-state index contributed by atoms with van der Waals surface area (Å²) in [5.41, 5.74) is 3.99. The summed E-state index contributed by atoms with van der Waals surface area (Å²) in [5, 5.41) is 0. The van der Waals surface area contributed by atoms with Crippen LogP contribution >= 0.6 is 0 Å². The third-order valence-corrected chi connectivity index (χ3v) is 2.39. The summed E-state index contributed by atoms with van der Waals surface area (Å²) >= 11 is 0. The fourth-order valence-corrected chi connectivity index (χ4v) is 1.59. The Labute approximate surface area is 102 Å². The minimum absolute atomic E-state index is 0. The van der Waals surface area contributed by atoms with Gasteiger partial charge in [-0.1, -0.05) is 52.2 Å². The van der Waals surface area contributed by atoms with Crippen LogP contribution in [0.2, 0.25) is 0 Å². The normalized spacial score (nSPS) is 13.8. The Morgan fingerprint density at radius 3 is 2.12 bits per heavy atom. The molecule has 0 spiro atoms. The molecular formula is C16H28. The van der Waals surface area contributed by atoms with Crippen LogP contribution in [0.3, 0.4) is 0 Å². The van der Waals surface area contributed by atoms with Crippen molar-refractivity contribution in [3.05, 3.63) is 47.6 Å². The molecule has 0 rings (SSSR count). The van der Waals surface area contributed by atoms with Crippen LogP contribution in [0.4, 0.5) is 0 Å². The van der Waals surface area contributed by atoms with Crippen molar-refractivity contribution in [2.75, 3.05) is 0 Å². The van der Waals surface area contributed by atoms with Crippen molar-refractivity contribution >= 4 is 0 Å². The number of allylic oxidation sites excluding steroid dienone is 7. The minimum atomic E-state index is 0. The van der Waals surface area contributed by atoms with Crippen LogP contribution in [0.15, 0.2) is 47.6 Å². The monoisotopic (exact) mass is 220 g/mol. The first-order chi connectivity index (χ1) is 7.06. The molecule has 0 nitrogen and oxygen atoms in total. The molecule has 0 bridgehead atoms. The molecule has 0 aliphatic carbocycles. The van der Waals surface area contributed by atoms with E-state index in [0.29, 0.717) is 5.92 Å². The number of hydrogen-bond donors (Lipinski definition) is 0. The molecule has 0 unspecified atom stereocenters. The van der Waals surface area contributed by atoms with E-state index in [0.717, 1.165) is 6.42 Å². The van der Waals surface area contributed by atoms with Crippen LogP contribution in [0.25, 0.3) is 0 Å². The molecule has 0 atom stereocenters. The fourth-order valence-electron chi connectivity index (χ4n) is 1.59. The smallest absolute Gasteiger partial charge is 0.0202 e. The highest BCUT2D eigenvalue weighted by atomic mass is 14.1. The second-order valence-corrected chi connectivity index (χ2v) is 4.21. The highest BCUT2D eigenvalue weighted by molar-refractivity contribution is 5.45. The summed E-state index contributed by atoms with van der Waals surface area (Å²) in [4.78, 5) is 0. The van der Waals surface area contributed by atoms with Gasteiger partial charge in [-0.2, -0.15) is 0 Å². The van der Waals surface area contributed by atoms with Gasteiger partial charge in [-0.05, 0) is 49.8 Å². The Bertz CT molecular complexity index is 285. The molecule has 0 heteroatoms. The molecule has 0 saturated heterocycles. The highest BCUT2D eigenvalue weighted by Crippen LogP contribution is 2.23. The van der Waals surface area contributed by atoms with Gasteiger partial charge in [0.15, 0.2) is 0 Å². The van der Waals surface area contributed by atoms with E-state index in [4.69, 9.17) is 0 Å². The van der Waals surface area contributed by atoms with E-state index in [1.807, 2.05) is 6.08 Å². The van der Waals surface area contributed by atoms with Crippen molar-refractivity contribution in [1.29, 1.82) is 0 Å². The maximum atomic E-state index is 3.84. The van der Waals surface area contributed by atoms with Gasteiger partial charge >= 0.3 is 0 Å². The fraction of sp³-hybridized carbons (Fsp3) is 0.500. The predicted molar refractivity (Wildman–Crippen MR) is 77.7 cm³/mol. The lowest BCUT2D eigenvalue weighted by Gasteiger charge is -2.13. The largest absolute Gasteiger partial charge is 0.0988 e. The van der Waals surface area contributed by atoms with Gasteiger partial charge in [-0.3, -0.25) is 0 Å². The average molecular weight is 220 g/mol. The van der Waals surface area contributed by atoms with Crippen LogP contribution in [-0.4, -0.2) is 0 Å². The highest BCUT2D eigenvalue weighted by Gasteiger charge is 2.05. The zero-order chi connectivity index (χ0) is 11.8. The van der Waals surface area contributed by atoms with Gasteiger partial charge in [-0.15, -0.1) is 0 Å². The molecule has 0 fully saturated rings. The van der Waals surface area contributed by atoms with E-state index in [2.05, 4.69) is 59.4 Å². The summed E-state index contributed by atoms with van der Waals surface area (Å²) in [6, 6.07) is 0. The van der Waals surface area contributed by atoms with E-state index < -0.39 is 0 Å². The van der Waals surface area contributed by atoms with Crippen LogP contribution in [0, 0.1) is 5.92 Å². The second-order valence-electron chi connectivity index (χ2n) is 4.21. The van der Waals surface area contributed by atoms with Crippen molar-refractivity contribution in [3.8, 4) is 0 Å². The summed E-state index contributed by atoms with van der Waals surface area (Å²) in [7, 11) is 0. The first-order valence-corrected chi connectivity index (χ1v) is 5.68. The lowest BCUT2D eigenvalue weighted by atomic mass is 9.92. The van der Waals surface area contributed by atoms with Crippen molar-refractivity contribution in [2.45, 2.75) is 48.5 Å². The molecule has 0 saturated carbocycles. The van der Waals surface area contributed by atoms with E-state index in [1.165, 1.54) is 16.7 Å². The summed E-state index contributed by atoms with van der Waals surface area (Å²) < 4.78 is 0. The summed E-state index contributed by atoms with van der Waals surface area (Å²) in [5.74, 6) is 0.689. The van der Waals surface area contributed by atoms with E-state index in [9.17, 15) is 0 Å². The molecule has 0 heterocycles. The molecule has 0 aliphatic heterocycles. The van der Waals surface area contributed by atoms with Gasteiger partial charge in [0, 0.05) is 0 Å². The lowest BCUT2D eigenvalue weighted by Crippen LogP contribution is -1.96. The van der Waals surface area contributed by atoms with E-state index in [1.54, 1.807) is 0 Å². The van der Waals surface area contributed by atoms with Crippen LogP contribution in [0.5, 0.6) is 0 Å². The topological polar surface area (TPSA) is 0 Å². The maximum absolute atomic E-state index is 3.84. The van der Waals surface area contributed by atoms with Gasteiger partial charge in [0.25, 0.3) is 0 Å². The molecule has 0 aromatic heterocycles. The molecular weight excluding hydrogens is 192 g/mol. The molecule has 0 aromatic rings. The SMILES string of the molecule is C.C=C/C(C)=C(\C=C/C)C(=C\C)/CC(C)C. The van der Waals surface area contributed by atoms with Gasteiger partial charge in [0.1, 0.15) is 0 Å². The Morgan fingerprint density at radius 1 is 1.25 bits per heavy atom. The standard InChI is InChI=1S/C15H24.CH4/c1-7-10-15(13(6)8-2)14(9-3)11-12(4)5;/h7-10,12H,2,11H2,1,3-6H3;1H4/b10-7-,14-9-,15-13+;. The summed E-state index contributed by atoms with van der Waals surface area (Å²) in [6.07, 6.45) is 9.53. The molecule has 92 valence electrons. The van der Waals surface area contributed by atoms with E-state index in [-0.39, 0.29) is 7.43 Å². The van der Waals surface area contributed by atoms with Gasteiger partial charge < -0.3 is 0 Å². The summed E-state index contributed by atoms with van der Waals surface area (Å²) in [6.45, 7) is 14.6. The molecule has 0 radical (unpaired) electrons. The number of hydrogen-bond acceptors (Lipinski definition) is 0. The van der Waals surface area contributed by atoms with Gasteiger partial charge in [0.2, 0.25) is 0 Å². The molecule has 0 aliphatic rings. The van der Waals surface area contributed by atoms with E-state index >= 15 is 0 Å². The first-order valence-electron chi connectivity index (χ1n) is 5.68. The molecule has 16 heavy (non-hydrogen) atoms. The zero-order valence-corrected chi connectivity index (χ0v) is 10.8. The third kappa shape index (κ3) is 5.75. The first kappa shape index (κ1) is 17.4. The van der Waals surface area contributed by atoms with Gasteiger partial charge in [-0.25, -0.2) is 0 Å². The Hall–Kier alpha value is -1.04. The van der Waals surface area contributed by atoms with Gasteiger partial charge in [0.05, 0.1) is 0 Å². The third-order valence-electron chi connectivity index (χ3n) is 2.39. The van der Waals surface area contributed by atoms with Crippen LogP contribution in [-0.2, 0) is 0 Å². The average Bonchev–Trinajstić information content (AvgIpc) is 2.21. The van der Waals surface area contributed by atoms with Crippen molar-refractivity contribution in [1.82, 2.24) is 0 Å². The maximum Gasteiger partial charge on any atom is -0.0202 e. The lowest BCUT2D eigenvalue weighted by molar-refractivity contribution is 0.646. The zero-order valence-electron chi connectivity index (χ0n) is 10.8. The quantitative estimate of drug-likeness (QED) is 0.522. The van der Waals surface area contributed by atoms with Crippen molar-refractivity contribution in [2.24, 2.45) is 5.92 Å². The molecule has 0 aromatic carbocycles. The van der Waals surface area contributed by atoms with Crippen LogP contribution in [0.1, 0.15) is 48.5 Å².